The van der Waals surface area contributed by atoms with E-state index in [0.717, 1.165) is 17.5 Å². The Labute approximate surface area is 53.8 Å². The first-order valence-corrected chi connectivity index (χ1v) is 3.32. The van der Waals surface area contributed by atoms with Crippen LogP contribution in [0, 0.1) is 5.92 Å². The van der Waals surface area contributed by atoms with Gasteiger partial charge in [-0.1, -0.05) is 25.6 Å². The van der Waals surface area contributed by atoms with Crippen LogP contribution in [0.1, 0.15) is 13.8 Å². The zero-order chi connectivity index (χ0) is 6.57. The molecular formula is C5H10NOS. The quantitative estimate of drug-likeness (QED) is 0.617. The predicted octanol–water partition coefficient (Wildman–Crippen LogP) is 1.41. The van der Waals surface area contributed by atoms with Gasteiger partial charge in [0.05, 0.1) is 0 Å². The normalized spacial score (nSPS) is 9.88. The van der Waals surface area contributed by atoms with Gasteiger partial charge >= 0.3 is 0 Å². The van der Waals surface area contributed by atoms with E-state index >= 15 is 0 Å². The molecular weight excluding hydrogens is 122 g/mol. The molecule has 0 aliphatic carbocycles. The van der Waals surface area contributed by atoms with Gasteiger partial charge < -0.3 is 5.73 Å². The van der Waals surface area contributed by atoms with Crippen molar-refractivity contribution in [1.82, 2.24) is 0 Å². The molecule has 0 aromatic carbocycles. The second kappa shape index (κ2) is 3.78. The molecule has 8 heavy (non-hydrogen) atoms. The molecule has 0 aliphatic heterocycles. The zero-order valence-electron chi connectivity index (χ0n) is 5.10. The number of thioether (sulfide) groups is 1. The second-order valence-electron chi connectivity index (χ2n) is 1.81. The molecule has 0 saturated heterocycles. The Hall–Kier alpha value is -0.180. The first kappa shape index (κ1) is 7.82. The van der Waals surface area contributed by atoms with Crippen molar-refractivity contribution in [2.24, 2.45) is 5.73 Å². The van der Waals surface area contributed by atoms with Crippen LogP contribution in [-0.4, -0.2) is 11.0 Å². The third-order valence-electron chi connectivity index (χ3n) is 0.503. The van der Waals surface area contributed by atoms with E-state index < -0.39 is 0 Å². The van der Waals surface area contributed by atoms with Crippen LogP contribution in [0.4, 0.5) is 4.79 Å². The summed E-state index contributed by atoms with van der Waals surface area (Å²) in [7, 11) is 0. The smallest absolute Gasteiger partial charge is 0.276 e. The Morgan fingerprint density at radius 3 is 2.25 bits per heavy atom. The average Bonchev–Trinajstić information content (AvgIpc) is 1.61. The molecule has 0 heterocycles. The van der Waals surface area contributed by atoms with Crippen LogP contribution >= 0.6 is 11.8 Å². The fourth-order valence-electron chi connectivity index (χ4n) is 0.215. The van der Waals surface area contributed by atoms with Crippen molar-refractivity contribution in [3.05, 3.63) is 5.92 Å². The van der Waals surface area contributed by atoms with Crippen molar-refractivity contribution in [2.75, 3.05) is 5.75 Å². The Kier molecular flexibility index (Phi) is 3.69. The van der Waals surface area contributed by atoms with Crippen molar-refractivity contribution in [3.63, 3.8) is 0 Å². The number of hydrogen-bond donors (Lipinski definition) is 1. The molecule has 3 heteroatoms. The lowest BCUT2D eigenvalue weighted by atomic mass is 10.3. The van der Waals surface area contributed by atoms with Gasteiger partial charge in [-0.25, -0.2) is 0 Å². The summed E-state index contributed by atoms with van der Waals surface area (Å²) in [6, 6.07) is 0. The summed E-state index contributed by atoms with van der Waals surface area (Å²) in [6.07, 6.45) is 0. The summed E-state index contributed by atoms with van der Waals surface area (Å²) in [5, 5.41) is -0.300. The van der Waals surface area contributed by atoms with Gasteiger partial charge in [-0.2, -0.15) is 0 Å². The molecule has 0 aromatic rings. The Morgan fingerprint density at radius 2 is 2.12 bits per heavy atom. The summed E-state index contributed by atoms with van der Waals surface area (Å²) >= 11 is 1.14. The molecule has 1 amide bonds. The van der Waals surface area contributed by atoms with E-state index in [4.69, 9.17) is 5.73 Å². The van der Waals surface area contributed by atoms with Crippen molar-refractivity contribution in [3.8, 4) is 0 Å². The maximum absolute atomic E-state index is 10.1. The average molecular weight is 132 g/mol. The number of carbonyl (C=O) groups is 1. The minimum Gasteiger partial charge on any atom is -0.361 e. The molecule has 0 spiro atoms. The lowest BCUT2D eigenvalue weighted by Gasteiger charge is -1.97. The topological polar surface area (TPSA) is 43.1 Å². The van der Waals surface area contributed by atoms with Gasteiger partial charge in [0.25, 0.3) is 5.24 Å². The maximum atomic E-state index is 10.1. The lowest BCUT2D eigenvalue weighted by Crippen LogP contribution is -2.04. The highest BCUT2D eigenvalue weighted by Gasteiger charge is 1.97. The molecule has 0 fully saturated rings. The van der Waals surface area contributed by atoms with E-state index in [1.54, 1.807) is 0 Å². The van der Waals surface area contributed by atoms with E-state index in [9.17, 15) is 4.79 Å². The van der Waals surface area contributed by atoms with E-state index in [0.29, 0.717) is 0 Å². The Morgan fingerprint density at radius 1 is 1.62 bits per heavy atom. The van der Waals surface area contributed by atoms with Gasteiger partial charge in [0.2, 0.25) is 0 Å². The molecule has 0 bridgehead atoms. The zero-order valence-corrected chi connectivity index (χ0v) is 5.92. The predicted molar refractivity (Wildman–Crippen MR) is 36.6 cm³/mol. The highest BCUT2D eigenvalue weighted by Crippen LogP contribution is 2.07. The van der Waals surface area contributed by atoms with Crippen LogP contribution in [0.15, 0.2) is 0 Å². The van der Waals surface area contributed by atoms with E-state index in [-0.39, 0.29) is 5.24 Å². The molecule has 2 N–H and O–H groups in total. The molecule has 0 aliphatic rings. The summed E-state index contributed by atoms with van der Waals surface area (Å²) in [4.78, 5) is 10.1. The minimum atomic E-state index is -0.300. The molecule has 0 saturated carbocycles. The number of nitrogens with two attached hydrogens (primary N) is 1. The number of primary amides is 1. The van der Waals surface area contributed by atoms with Gasteiger partial charge in [-0.15, -0.1) is 0 Å². The SMILES string of the molecule is C[C](C)CSC(N)=O. The van der Waals surface area contributed by atoms with Gasteiger partial charge in [-0.05, 0) is 5.92 Å². The second-order valence-corrected chi connectivity index (χ2v) is 2.79. The third-order valence-corrected chi connectivity index (χ3v) is 1.51. The molecule has 1 radical (unpaired) electrons. The standard InChI is InChI=1S/C5H10NOS/c1-4(2)3-8-5(6)7/h3H2,1-2H3,(H2,6,7). The molecule has 47 valence electrons. The summed E-state index contributed by atoms with van der Waals surface area (Å²) in [6.45, 7) is 3.94. The van der Waals surface area contributed by atoms with Gasteiger partial charge in [0, 0.05) is 5.75 Å². The largest absolute Gasteiger partial charge is 0.361 e. The molecule has 0 rings (SSSR count). The number of amides is 1. The van der Waals surface area contributed by atoms with Crippen molar-refractivity contribution in [1.29, 1.82) is 0 Å². The van der Waals surface area contributed by atoms with Gasteiger partial charge in [-0.3, -0.25) is 4.79 Å². The van der Waals surface area contributed by atoms with E-state index in [1.165, 1.54) is 5.92 Å². The first-order chi connectivity index (χ1) is 3.63. The van der Waals surface area contributed by atoms with Crippen molar-refractivity contribution in [2.45, 2.75) is 13.8 Å². The maximum Gasteiger partial charge on any atom is 0.276 e. The number of carbonyl (C=O) groups excluding carboxylic acids is 1. The monoisotopic (exact) mass is 132 g/mol. The molecule has 0 aromatic heterocycles. The van der Waals surface area contributed by atoms with E-state index in [2.05, 4.69) is 0 Å². The molecule has 2 nitrogen and oxygen atoms in total. The summed E-state index contributed by atoms with van der Waals surface area (Å²) in [5.41, 5.74) is 4.85. The number of hydrogen-bond acceptors (Lipinski definition) is 2. The molecule has 0 unspecified atom stereocenters. The van der Waals surface area contributed by atoms with Crippen LogP contribution < -0.4 is 5.73 Å². The van der Waals surface area contributed by atoms with Crippen LogP contribution in [0.5, 0.6) is 0 Å². The number of rotatable bonds is 2. The highest BCUT2D eigenvalue weighted by atomic mass is 32.2. The van der Waals surface area contributed by atoms with Crippen molar-refractivity contribution < 1.29 is 4.79 Å². The fraction of sp³-hybridized carbons (Fsp3) is 0.600. The van der Waals surface area contributed by atoms with Crippen LogP contribution in [-0.2, 0) is 0 Å². The highest BCUT2D eigenvalue weighted by molar-refractivity contribution is 8.13. The van der Waals surface area contributed by atoms with Crippen LogP contribution in [0.2, 0.25) is 0 Å². The van der Waals surface area contributed by atoms with Crippen LogP contribution in [0.25, 0.3) is 0 Å². The van der Waals surface area contributed by atoms with Gasteiger partial charge in [0.15, 0.2) is 0 Å². The van der Waals surface area contributed by atoms with Crippen molar-refractivity contribution >= 4 is 17.0 Å². The van der Waals surface area contributed by atoms with E-state index in [1.807, 2.05) is 13.8 Å². The summed E-state index contributed by atoms with van der Waals surface area (Å²) in [5.74, 6) is 1.96. The first-order valence-electron chi connectivity index (χ1n) is 2.34. The summed E-state index contributed by atoms with van der Waals surface area (Å²) < 4.78 is 0. The fourth-order valence-corrected chi connectivity index (χ4v) is 0.646. The van der Waals surface area contributed by atoms with Crippen LogP contribution in [0.3, 0.4) is 0 Å². The molecule has 0 atom stereocenters. The van der Waals surface area contributed by atoms with Gasteiger partial charge in [0.1, 0.15) is 0 Å². The lowest BCUT2D eigenvalue weighted by molar-refractivity contribution is 0.267. The minimum absolute atomic E-state index is 0.300. The third kappa shape index (κ3) is 5.82. The Balaban J connectivity index is 3.05. The Bertz CT molecular complexity index is 82.5.